The summed E-state index contributed by atoms with van der Waals surface area (Å²) in [6, 6.07) is 1.63. The standard InChI is InChI=1S/C17H23F3N2.2ClH/c18-14-11-16(20)15(19)10-13(14)17(12-4-2-1-3-5-12)22-8-6-21-7-9-22;;/h10-12,17,21H,1-9H2;2*1H/t17-;;/m0../s1. The molecule has 2 nitrogen and oxygen atoms in total. The minimum absolute atomic E-state index is 0. The number of piperazine rings is 1. The van der Waals surface area contributed by atoms with Crippen molar-refractivity contribution in [1.29, 1.82) is 0 Å². The molecule has 3 rings (SSSR count). The molecule has 1 aromatic rings. The van der Waals surface area contributed by atoms with Crippen LogP contribution in [-0.2, 0) is 0 Å². The molecular formula is C17H25Cl2F3N2. The molecule has 1 N–H and O–H groups in total. The van der Waals surface area contributed by atoms with Crippen molar-refractivity contribution in [2.75, 3.05) is 26.2 Å². The van der Waals surface area contributed by atoms with Crippen molar-refractivity contribution in [2.24, 2.45) is 5.92 Å². The fourth-order valence-electron chi connectivity index (χ4n) is 3.92. The maximum absolute atomic E-state index is 14.3. The van der Waals surface area contributed by atoms with E-state index in [2.05, 4.69) is 10.2 Å². The van der Waals surface area contributed by atoms with Crippen molar-refractivity contribution < 1.29 is 13.2 Å². The van der Waals surface area contributed by atoms with Gasteiger partial charge in [-0.05, 0) is 24.8 Å². The Labute approximate surface area is 154 Å². The Hall–Kier alpha value is -0.490. The average Bonchev–Trinajstić information content (AvgIpc) is 2.55. The lowest BCUT2D eigenvalue weighted by Gasteiger charge is -2.41. The van der Waals surface area contributed by atoms with Crippen molar-refractivity contribution >= 4 is 24.8 Å². The van der Waals surface area contributed by atoms with E-state index in [0.29, 0.717) is 17.5 Å². The lowest BCUT2D eigenvalue weighted by Crippen LogP contribution is -2.47. The lowest BCUT2D eigenvalue weighted by atomic mass is 9.80. The molecule has 0 radical (unpaired) electrons. The topological polar surface area (TPSA) is 15.3 Å². The zero-order valence-corrected chi connectivity index (χ0v) is 15.2. The van der Waals surface area contributed by atoms with Crippen LogP contribution < -0.4 is 5.32 Å². The fourth-order valence-corrected chi connectivity index (χ4v) is 3.92. The molecule has 2 fully saturated rings. The number of hydrogen-bond donors (Lipinski definition) is 1. The molecule has 1 aliphatic carbocycles. The van der Waals surface area contributed by atoms with Crippen molar-refractivity contribution in [3.05, 3.63) is 35.1 Å². The van der Waals surface area contributed by atoms with Crippen LogP contribution in [-0.4, -0.2) is 31.1 Å². The van der Waals surface area contributed by atoms with Gasteiger partial charge in [0, 0.05) is 43.9 Å². The molecule has 1 saturated heterocycles. The first-order valence-electron chi connectivity index (χ1n) is 8.26. The van der Waals surface area contributed by atoms with Crippen LogP contribution in [0.3, 0.4) is 0 Å². The highest BCUT2D eigenvalue weighted by atomic mass is 35.5. The summed E-state index contributed by atoms with van der Waals surface area (Å²) >= 11 is 0. The van der Waals surface area contributed by atoms with Gasteiger partial charge < -0.3 is 5.32 Å². The summed E-state index contributed by atoms with van der Waals surface area (Å²) in [5.41, 5.74) is 0.327. The van der Waals surface area contributed by atoms with Gasteiger partial charge in [0.15, 0.2) is 11.6 Å². The van der Waals surface area contributed by atoms with Gasteiger partial charge in [0.1, 0.15) is 5.82 Å². The van der Waals surface area contributed by atoms with E-state index in [1.807, 2.05) is 0 Å². The molecule has 0 unspecified atom stereocenters. The van der Waals surface area contributed by atoms with Gasteiger partial charge in [-0.25, -0.2) is 13.2 Å². The van der Waals surface area contributed by atoms with E-state index in [1.54, 1.807) is 0 Å². The number of halogens is 5. The number of hydrogen-bond acceptors (Lipinski definition) is 2. The summed E-state index contributed by atoms with van der Waals surface area (Å²) in [7, 11) is 0. The number of nitrogens with one attached hydrogen (secondary N) is 1. The number of benzene rings is 1. The number of rotatable bonds is 3. The minimum Gasteiger partial charge on any atom is -0.314 e. The molecule has 0 bridgehead atoms. The first-order chi connectivity index (χ1) is 10.7. The van der Waals surface area contributed by atoms with Crippen molar-refractivity contribution in [3.63, 3.8) is 0 Å². The Kier molecular flexibility index (Phi) is 8.85. The lowest BCUT2D eigenvalue weighted by molar-refractivity contribution is 0.100. The molecule has 2 aliphatic rings. The molecular weight excluding hydrogens is 360 g/mol. The highest BCUT2D eigenvalue weighted by molar-refractivity contribution is 5.85. The van der Waals surface area contributed by atoms with Crippen LogP contribution in [0.25, 0.3) is 0 Å². The molecule has 1 heterocycles. The Morgan fingerprint density at radius 3 is 2.08 bits per heavy atom. The quantitative estimate of drug-likeness (QED) is 0.773. The van der Waals surface area contributed by atoms with E-state index in [1.165, 1.54) is 6.42 Å². The second-order valence-electron chi connectivity index (χ2n) is 6.42. The van der Waals surface area contributed by atoms with Crippen LogP contribution >= 0.6 is 24.8 Å². The molecule has 1 saturated carbocycles. The summed E-state index contributed by atoms with van der Waals surface area (Å²) in [5.74, 6) is -2.35. The highest BCUT2D eigenvalue weighted by Crippen LogP contribution is 2.39. The smallest absolute Gasteiger partial charge is 0.161 e. The van der Waals surface area contributed by atoms with Crippen LogP contribution in [0, 0.1) is 23.4 Å². The molecule has 1 aliphatic heterocycles. The number of nitrogens with zero attached hydrogens (tertiary/aromatic N) is 1. The van der Waals surface area contributed by atoms with Crippen LogP contribution in [0.2, 0.25) is 0 Å². The maximum Gasteiger partial charge on any atom is 0.161 e. The average molecular weight is 385 g/mol. The second-order valence-corrected chi connectivity index (χ2v) is 6.42. The van der Waals surface area contributed by atoms with Gasteiger partial charge in [-0.2, -0.15) is 0 Å². The van der Waals surface area contributed by atoms with Crippen molar-refractivity contribution in [1.82, 2.24) is 10.2 Å². The van der Waals surface area contributed by atoms with Gasteiger partial charge in [0.05, 0.1) is 0 Å². The predicted octanol–water partition coefficient (Wildman–Crippen LogP) is 4.47. The molecule has 24 heavy (non-hydrogen) atoms. The van der Waals surface area contributed by atoms with Crippen LogP contribution in [0.4, 0.5) is 13.2 Å². The normalized spacial score (nSPS) is 20.8. The van der Waals surface area contributed by atoms with E-state index in [9.17, 15) is 13.2 Å². The van der Waals surface area contributed by atoms with Gasteiger partial charge in [0.2, 0.25) is 0 Å². The summed E-state index contributed by atoms with van der Waals surface area (Å²) in [6.07, 6.45) is 5.56. The van der Waals surface area contributed by atoms with E-state index >= 15 is 0 Å². The van der Waals surface area contributed by atoms with Gasteiger partial charge in [-0.1, -0.05) is 19.3 Å². The minimum atomic E-state index is -1.11. The van der Waals surface area contributed by atoms with E-state index in [0.717, 1.165) is 57.9 Å². The largest absolute Gasteiger partial charge is 0.314 e. The SMILES string of the molecule is Cl.Cl.Fc1cc(F)c([C@H](C2CCCCC2)N2CCNCC2)cc1F. The van der Waals surface area contributed by atoms with Crippen molar-refractivity contribution in [3.8, 4) is 0 Å². The molecule has 1 aromatic carbocycles. The molecule has 0 spiro atoms. The van der Waals surface area contributed by atoms with Crippen molar-refractivity contribution in [2.45, 2.75) is 38.1 Å². The van der Waals surface area contributed by atoms with Gasteiger partial charge in [-0.15, -0.1) is 24.8 Å². The third-order valence-corrected chi connectivity index (χ3v) is 5.00. The van der Waals surface area contributed by atoms with Crippen LogP contribution in [0.5, 0.6) is 0 Å². The zero-order chi connectivity index (χ0) is 15.5. The summed E-state index contributed by atoms with van der Waals surface area (Å²) in [6.45, 7) is 3.35. The fraction of sp³-hybridized carbons (Fsp3) is 0.647. The van der Waals surface area contributed by atoms with Crippen LogP contribution in [0.1, 0.15) is 43.7 Å². The Balaban J connectivity index is 0.00000144. The Bertz CT molecular complexity index is 501. The van der Waals surface area contributed by atoms with E-state index in [-0.39, 0.29) is 30.9 Å². The zero-order valence-electron chi connectivity index (χ0n) is 13.6. The first-order valence-corrected chi connectivity index (χ1v) is 8.26. The molecule has 0 aromatic heterocycles. The van der Waals surface area contributed by atoms with Crippen LogP contribution in [0.15, 0.2) is 12.1 Å². The summed E-state index contributed by atoms with van der Waals surface area (Å²) in [5, 5.41) is 3.29. The summed E-state index contributed by atoms with van der Waals surface area (Å²) in [4.78, 5) is 2.24. The third kappa shape index (κ3) is 4.78. The second kappa shape index (κ2) is 9.85. The first kappa shape index (κ1) is 21.6. The third-order valence-electron chi connectivity index (χ3n) is 5.00. The highest BCUT2D eigenvalue weighted by Gasteiger charge is 2.33. The van der Waals surface area contributed by atoms with E-state index in [4.69, 9.17) is 0 Å². The van der Waals surface area contributed by atoms with Gasteiger partial charge >= 0.3 is 0 Å². The molecule has 138 valence electrons. The molecule has 7 heteroatoms. The predicted molar refractivity (Wildman–Crippen MR) is 94.6 cm³/mol. The van der Waals surface area contributed by atoms with Gasteiger partial charge in [-0.3, -0.25) is 4.90 Å². The van der Waals surface area contributed by atoms with Gasteiger partial charge in [0.25, 0.3) is 0 Å². The monoisotopic (exact) mass is 384 g/mol. The Morgan fingerprint density at radius 2 is 1.46 bits per heavy atom. The summed E-state index contributed by atoms with van der Waals surface area (Å²) < 4.78 is 41.3. The van der Waals surface area contributed by atoms with E-state index < -0.39 is 17.5 Å². The molecule has 0 amide bonds. The Morgan fingerprint density at radius 1 is 0.875 bits per heavy atom. The molecule has 1 atom stereocenters. The maximum atomic E-state index is 14.3.